The Morgan fingerprint density at radius 1 is 0.435 bits per heavy atom. The van der Waals surface area contributed by atoms with Gasteiger partial charge in [0.1, 0.15) is 10.3 Å². The minimum atomic E-state index is 0.888. The Labute approximate surface area is 272 Å². The van der Waals surface area contributed by atoms with E-state index in [1.807, 2.05) is 17.5 Å². The lowest BCUT2D eigenvalue weighted by Gasteiger charge is -2.09. The van der Waals surface area contributed by atoms with E-state index in [0.29, 0.717) is 0 Å². The summed E-state index contributed by atoms with van der Waals surface area (Å²) in [4.78, 5) is 11.2. The molecule has 0 amide bonds. The van der Waals surface area contributed by atoms with Crippen molar-refractivity contribution in [2.45, 2.75) is 0 Å². The van der Waals surface area contributed by atoms with E-state index < -0.39 is 0 Å². The van der Waals surface area contributed by atoms with Crippen molar-refractivity contribution in [3.8, 4) is 33.5 Å². The zero-order chi connectivity index (χ0) is 30.2. The molecule has 2 nitrogen and oxygen atoms in total. The predicted molar refractivity (Wildman–Crippen MR) is 199 cm³/mol. The van der Waals surface area contributed by atoms with Gasteiger partial charge in [-0.1, -0.05) is 127 Å². The first-order valence-corrected chi connectivity index (χ1v) is 17.0. The Kier molecular flexibility index (Phi) is 5.65. The molecule has 4 heteroatoms. The normalized spacial score (nSPS) is 11.9. The van der Waals surface area contributed by atoms with Crippen LogP contribution in [0.2, 0.25) is 0 Å². The maximum atomic E-state index is 5.28. The van der Waals surface area contributed by atoms with Gasteiger partial charge < -0.3 is 0 Å². The molecule has 0 fully saturated rings. The molecule has 3 aromatic heterocycles. The summed E-state index contributed by atoms with van der Waals surface area (Å²) in [5.74, 6) is 0. The first-order valence-electron chi connectivity index (χ1n) is 15.4. The van der Waals surface area contributed by atoms with Gasteiger partial charge in [0.25, 0.3) is 0 Å². The molecule has 0 N–H and O–H groups in total. The van der Waals surface area contributed by atoms with Crippen LogP contribution in [0.5, 0.6) is 0 Å². The first-order chi connectivity index (χ1) is 22.8. The van der Waals surface area contributed by atoms with E-state index in [9.17, 15) is 0 Å². The molecule has 0 bridgehead atoms. The van der Waals surface area contributed by atoms with Crippen LogP contribution in [0.15, 0.2) is 146 Å². The van der Waals surface area contributed by atoms with Gasteiger partial charge in [0, 0.05) is 41.2 Å². The van der Waals surface area contributed by atoms with Gasteiger partial charge >= 0.3 is 0 Å². The largest absolute Gasteiger partial charge is 0.243 e. The fourth-order valence-electron chi connectivity index (χ4n) is 6.98. The van der Waals surface area contributed by atoms with Crippen LogP contribution in [0.1, 0.15) is 0 Å². The molecule has 214 valence electrons. The average molecular weight is 621 g/mol. The molecule has 0 spiro atoms. The third kappa shape index (κ3) is 3.87. The van der Waals surface area contributed by atoms with E-state index in [1.54, 1.807) is 11.3 Å². The summed E-state index contributed by atoms with van der Waals surface area (Å²) < 4.78 is 3.92. The molecule has 10 rings (SSSR count). The second kappa shape index (κ2) is 10.0. The summed E-state index contributed by atoms with van der Waals surface area (Å²) in [5, 5.41) is 8.88. The van der Waals surface area contributed by atoms with Crippen molar-refractivity contribution in [2.24, 2.45) is 0 Å². The van der Waals surface area contributed by atoms with E-state index in [-0.39, 0.29) is 0 Å². The number of rotatable bonds is 3. The van der Waals surface area contributed by atoms with Crippen LogP contribution in [0, 0.1) is 0 Å². The average Bonchev–Trinajstić information content (AvgIpc) is 3.71. The summed E-state index contributed by atoms with van der Waals surface area (Å²) in [6.07, 6.45) is 1.93. The maximum Gasteiger partial charge on any atom is 0.143 e. The van der Waals surface area contributed by atoms with Crippen molar-refractivity contribution in [2.75, 3.05) is 0 Å². The van der Waals surface area contributed by atoms with Gasteiger partial charge in [0.2, 0.25) is 0 Å². The van der Waals surface area contributed by atoms with E-state index in [1.165, 1.54) is 68.5 Å². The molecule has 0 atom stereocenters. The highest BCUT2D eigenvalue weighted by atomic mass is 32.1. The zero-order valence-electron chi connectivity index (χ0n) is 24.6. The van der Waals surface area contributed by atoms with Crippen LogP contribution in [-0.2, 0) is 0 Å². The van der Waals surface area contributed by atoms with E-state index in [4.69, 9.17) is 9.97 Å². The molecule has 46 heavy (non-hydrogen) atoms. The quantitative estimate of drug-likeness (QED) is 0.184. The fourth-order valence-corrected chi connectivity index (χ4v) is 9.35. The lowest BCUT2D eigenvalue weighted by molar-refractivity contribution is 1.32. The predicted octanol–water partition coefficient (Wildman–Crippen LogP) is 12.5. The lowest BCUT2D eigenvalue weighted by atomic mass is 9.97. The molecule has 10 aromatic rings. The number of thiophene rings is 2. The molecule has 0 aliphatic rings. The second-order valence-electron chi connectivity index (χ2n) is 11.7. The summed E-state index contributed by atoms with van der Waals surface area (Å²) in [5.41, 5.74) is 7.79. The van der Waals surface area contributed by atoms with Crippen molar-refractivity contribution in [1.82, 2.24) is 9.97 Å². The Morgan fingerprint density at radius 2 is 1.07 bits per heavy atom. The minimum absolute atomic E-state index is 0.888. The van der Waals surface area contributed by atoms with Gasteiger partial charge in [-0.3, -0.25) is 0 Å². The van der Waals surface area contributed by atoms with Crippen molar-refractivity contribution in [3.05, 3.63) is 146 Å². The topological polar surface area (TPSA) is 25.8 Å². The molecule has 0 saturated carbocycles. The van der Waals surface area contributed by atoms with Crippen LogP contribution in [-0.4, -0.2) is 9.97 Å². The van der Waals surface area contributed by atoms with Crippen molar-refractivity contribution in [3.63, 3.8) is 0 Å². The van der Waals surface area contributed by atoms with Crippen LogP contribution in [0.3, 0.4) is 0 Å². The van der Waals surface area contributed by atoms with E-state index >= 15 is 0 Å². The van der Waals surface area contributed by atoms with Crippen LogP contribution in [0.4, 0.5) is 0 Å². The molecule has 0 aliphatic heterocycles. The highest BCUT2D eigenvalue weighted by Gasteiger charge is 2.17. The van der Waals surface area contributed by atoms with E-state index in [2.05, 4.69) is 140 Å². The molecule has 0 unspecified atom stereocenters. The Balaban J connectivity index is 1.06. The molecule has 0 radical (unpaired) electrons. The fraction of sp³-hybridized carbons (Fsp3) is 0. The SMILES string of the molecule is c1cc(-c2ccc(-c3cccc4c3sc3ccccc34)cc2)cc(-c2cnc3sc4c5ccccc5c5ccccc5c4c3n2)c1. The monoisotopic (exact) mass is 620 g/mol. The van der Waals surface area contributed by atoms with Gasteiger partial charge in [-0.25, -0.2) is 9.97 Å². The Morgan fingerprint density at radius 3 is 1.91 bits per heavy atom. The maximum absolute atomic E-state index is 5.28. The van der Waals surface area contributed by atoms with Gasteiger partial charge in [0.05, 0.1) is 11.9 Å². The summed E-state index contributed by atoms with van der Waals surface area (Å²) in [6.45, 7) is 0. The molecular weight excluding hydrogens is 597 g/mol. The van der Waals surface area contributed by atoms with Crippen LogP contribution in [0.25, 0.3) is 95.7 Å². The van der Waals surface area contributed by atoms with Crippen molar-refractivity contribution < 1.29 is 0 Å². The minimum Gasteiger partial charge on any atom is -0.243 e. The van der Waals surface area contributed by atoms with Gasteiger partial charge in [-0.2, -0.15) is 0 Å². The van der Waals surface area contributed by atoms with Gasteiger partial charge in [-0.15, -0.1) is 22.7 Å². The second-order valence-corrected chi connectivity index (χ2v) is 13.8. The number of hydrogen-bond donors (Lipinski definition) is 0. The van der Waals surface area contributed by atoms with Gasteiger partial charge in [-0.05, 0) is 50.5 Å². The summed E-state index contributed by atoms with van der Waals surface area (Å²) in [7, 11) is 0. The molecule has 3 heterocycles. The Bertz CT molecular complexity index is 2810. The van der Waals surface area contributed by atoms with Crippen molar-refractivity contribution in [1.29, 1.82) is 0 Å². The molecule has 0 aliphatic carbocycles. The molecule has 0 saturated heterocycles. The smallest absolute Gasteiger partial charge is 0.143 e. The first kappa shape index (κ1) is 25.9. The van der Waals surface area contributed by atoms with Crippen molar-refractivity contribution >= 4 is 84.8 Å². The molecule has 7 aromatic carbocycles. The van der Waals surface area contributed by atoms with Gasteiger partial charge in [0.15, 0.2) is 0 Å². The number of benzene rings is 7. The summed E-state index contributed by atoms with van der Waals surface area (Å²) in [6, 6.07) is 50.3. The number of fused-ring (bicyclic) bond motifs is 11. The highest BCUT2D eigenvalue weighted by molar-refractivity contribution is 7.26. The third-order valence-electron chi connectivity index (χ3n) is 9.15. The van der Waals surface area contributed by atoms with Crippen LogP contribution >= 0.6 is 22.7 Å². The standard InChI is InChI=1S/C42H24N2S2/c1-3-14-33-30(11-1)31-12-2-4-15-34(31)41-38(33)39-42(46-41)43-24-36(44-39)28-10-7-9-27(23-28)25-19-21-26(22-20-25)29-16-8-17-35-32-13-5-6-18-37(32)45-40(29)35/h1-24H. The lowest BCUT2D eigenvalue weighted by Crippen LogP contribution is -1.88. The summed E-state index contributed by atoms with van der Waals surface area (Å²) >= 11 is 3.61. The van der Waals surface area contributed by atoms with E-state index in [0.717, 1.165) is 27.2 Å². The number of nitrogens with zero attached hydrogens (tertiary/aromatic N) is 2. The zero-order valence-corrected chi connectivity index (χ0v) is 26.2. The number of hydrogen-bond acceptors (Lipinski definition) is 4. The molecular formula is C42H24N2S2. The third-order valence-corrected chi connectivity index (χ3v) is 11.5. The van der Waals surface area contributed by atoms with Crippen LogP contribution < -0.4 is 0 Å². The Hall–Kier alpha value is -5.42. The number of aromatic nitrogens is 2. The highest BCUT2D eigenvalue weighted by Crippen LogP contribution is 2.43.